The van der Waals surface area contributed by atoms with E-state index in [0.717, 1.165) is 0 Å². The van der Waals surface area contributed by atoms with Crippen LogP contribution in [0.3, 0.4) is 0 Å². The number of aliphatic carboxylic acids is 1. The lowest BCUT2D eigenvalue weighted by atomic mass is 10.2. The molecule has 0 bridgehead atoms. The highest BCUT2D eigenvalue weighted by Crippen LogP contribution is 1.95. The van der Waals surface area contributed by atoms with Gasteiger partial charge in [-0.05, 0) is 6.92 Å². The minimum atomic E-state index is -1.50. The van der Waals surface area contributed by atoms with Crippen molar-refractivity contribution in [3.05, 3.63) is 0 Å². The van der Waals surface area contributed by atoms with Gasteiger partial charge in [0.15, 0.2) is 0 Å². The molecule has 12 heteroatoms. The van der Waals surface area contributed by atoms with Crippen LogP contribution < -0.4 is 21.7 Å². The Balaban J connectivity index is 4.69. The maximum Gasteiger partial charge on any atom is 0.328 e. The van der Waals surface area contributed by atoms with Gasteiger partial charge in [0.05, 0.1) is 12.6 Å². The number of aliphatic hydroxyl groups is 1. The maximum absolute atomic E-state index is 12.0. The van der Waals surface area contributed by atoms with Gasteiger partial charge in [-0.15, -0.1) is 0 Å². The normalized spacial score (nSPS) is 15.5. The fourth-order valence-electron chi connectivity index (χ4n) is 1.42. The molecule has 0 aliphatic heterocycles. The van der Waals surface area contributed by atoms with Gasteiger partial charge in [-0.25, -0.2) is 4.79 Å². The smallest absolute Gasteiger partial charge is 0.328 e. The van der Waals surface area contributed by atoms with Crippen LogP contribution in [-0.4, -0.2) is 76.2 Å². The van der Waals surface area contributed by atoms with E-state index in [2.05, 4.69) is 41.2 Å². The van der Waals surface area contributed by atoms with Crippen LogP contribution in [0.15, 0.2) is 0 Å². The molecule has 7 N–H and O–H groups in total. The van der Waals surface area contributed by atoms with Crippen LogP contribution in [0, 0.1) is 0 Å². The number of carboxylic acid groups (broad SMARTS) is 1. The predicted octanol–water partition coefficient (Wildman–Crippen LogP) is -3.28. The number of carbonyl (C=O) groups excluding carboxylic acids is 3. The van der Waals surface area contributed by atoms with E-state index in [1.54, 1.807) is 0 Å². The van der Waals surface area contributed by atoms with Crippen molar-refractivity contribution in [3.63, 3.8) is 0 Å². The maximum atomic E-state index is 12.0. The molecular weight excluding hydrogens is 360 g/mol. The molecule has 24 heavy (non-hydrogen) atoms. The molecule has 0 rings (SSSR count). The fraction of sp³-hybridized carbons (Fsp3) is 0.667. The Labute approximate surface area is 149 Å². The van der Waals surface area contributed by atoms with Crippen molar-refractivity contribution in [1.82, 2.24) is 16.0 Å². The third-order valence-electron chi connectivity index (χ3n) is 2.90. The first-order valence-corrected chi connectivity index (χ1v) is 8.16. The van der Waals surface area contributed by atoms with Gasteiger partial charge < -0.3 is 31.9 Å². The number of nitrogens with one attached hydrogen (secondary N) is 3. The third-order valence-corrected chi connectivity index (χ3v) is 3.66. The quantitative estimate of drug-likeness (QED) is 0.183. The summed E-state index contributed by atoms with van der Waals surface area (Å²) in [6.45, 7) is 0.585. The standard InChI is InChI=1S/C12H22N4O6S2/c1-5(14-10(19)6(13)3-23)9(18)16-8(4-24)11(20)15-7(2-17)12(21)22/h5-8,17,23-24H,2-4,13H2,1H3,(H,14,19)(H,15,20)(H,16,18)(H,21,22). The van der Waals surface area contributed by atoms with Crippen molar-refractivity contribution in [2.75, 3.05) is 18.1 Å². The zero-order valence-corrected chi connectivity index (χ0v) is 14.7. The first-order valence-electron chi connectivity index (χ1n) is 6.89. The Morgan fingerprint density at radius 3 is 1.92 bits per heavy atom. The van der Waals surface area contributed by atoms with Gasteiger partial charge >= 0.3 is 5.97 Å². The van der Waals surface area contributed by atoms with Gasteiger partial charge in [0.25, 0.3) is 0 Å². The summed E-state index contributed by atoms with van der Waals surface area (Å²) in [6, 6.07) is -4.50. The number of carboxylic acids is 1. The van der Waals surface area contributed by atoms with E-state index in [4.69, 9.17) is 15.9 Å². The molecular formula is C12H22N4O6S2. The van der Waals surface area contributed by atoms with Gasteiger partial charge in [0, 0.05) is 11.5 Å². The Morgan fingerprint density at radius 1 is 0.958 bits per heavy atom. The van der Waals surface area contributed by atoms with Crippen LogP contribution in [0.2, 0.25) is 0 Å². The van der Waals surface area contributed by atoms with E-state index in [0.29, 0.717) is 0 Å². The molecule has 0 radical (unpaired) electrons. The van der Waals surface area contributed by atoms with Crippen molar-refractivity contribution < 1.29 is 29.4 Å². The molecule has 0 saturated heterocycles. The average molecular weight is 382 g/mol. The highest BCUT2D eigenvalue weighted by Gasteiger charge is 2.27. The Hall–Kier alpha value is -1.50. The first-order chi connectivity index (χ1) is 11.2. The van der Waals surface area contributed by atoms with Gasteiger partial charge in [-0.2, -0.15) is 25.3 Å². The fourth-order valence-corrected chi connectivity index (χ4v) is 1.84. The van der Waals surface area contributed by atoms with Crippen LogP contribution >= 0.6 is 25.3 Å². The third kappa shape index (κ3) is 7.38. The number of aliphatic hydroxyl groups excluding tert-OH is 1. The molecule has 0 aromatic heterocycles. The number of rotatable bonds is 10. The number of carbonyl (C=O) groups is 4. The van der Waals surface area contributed by atoms with E-state index in [9.17, 15) is 19.2 Å². The summed E-state index contributed by atoms with van der Waals surface area (Å²) >= 11 is 7.78. The second-order valence-electron chi connectivity index (χ2n) is 4.85. The number of hydrogen-bond donors (Lipinski definition) is 8. The zero-order valence-electron chi connectivity index (χ0n) is 12.9. The Kier molecular flexibility index (Phi) is 10.4. The van der Waals surface area contributed by atoms with E-state index in [1.807, 2.05) is 0 Å². The zero-order chi connectivity index (χ0) is 18.9. The van der Waals surface area contributed by atoms with Crippen molar-refractivity contribution in [2.45, 2.75) is 31.1 Å². The van der Waals surface area contributed by atoms with Crippen LogP contribution in [0.25, 0.3) is 0 Å². The second-order valence-corrected chi connectivity index (χ2v) is 5.58. The van der Waals surface area contributed by atoms with Crippen LogP contribution in [0.1, 0.15) is 6.92 Å². The molecule has 0 aliphatic carbocycles. The number of nitrogens with two attached hydrogens (primary N) is 1. The highest BCUT2D eigenvalue weighted by atomic mass is 32.1. The molecule has 0 saturated carbocycles. The second kappa shape index (κ2) is 11.1. The molecule has 0 aromatic carbocycles. The molecule has 3 amide bonds. The predicted molar refractivity (Wildman–Crippen MR) is 91.9 cm³/mol. The molecule has 0 heterocycles. The van der Waals surface area contributed by atoms with Gasteiger partial charge in [0.2, 0.25) is 17.7 Å². The van der Waals surface area contributed by atoms with Crippen molar-refractivity contribution in [2.24, 2.45) is 5.73 Å². The van der Waals surface area contributed by atoms with Crippen LogP contribution in [-0.2, 0) is 19.2 Å². The summed E-state index contributed by atoms with van der Waals surface area (Å²) in [5.74, 6) is -3.53. The SMILES string of the molecule is CC(NC(=O)C(N)CS)C(=O)NC(CS)C(=O)NC(CO)C(=O)O. The van der Waals surface area contributed by atoms with Gasteiger partial charge in [-0.3, -0.25) is 14.4 Å². The largest absolute Gasteiger partial charge is 0.480 e. The van der Waals surface area contributed by atoms with Gasteiger partial charge in [-0.1, -0.05) is 0 Å². The van der Waals surface area contributed by atoms with Crippen molar-refractivity contribution in [1.29, 1.82) is 0 Å². The molecule has 4 atom stereocenters. The average Bonchev–Trinajstić information content (AvgIpc) is 2.55. The summed E-state index contributed by atoms with van der Waals surface area (Å²) < 4.78 is 0. The summed E-state index contributed by atoms with van der Waals surface area (Å²) in [7, 11) is 0. The van der Waals surface area contributed by atoms with E-state index in [1.165, 1.54) is 6.92 Å². The van der Waals surface area contributed by atoms with Crippen molar-refractivity contribution in [3.8, 4) is 0 Å². The topological polar surface area (TPSA) is 171 Å². The number of amides is 3. The van der Waals surface area contributed by atoms with Crippen molar-refractivity contribution >= 4 is 48.9 Å². The Morgan fingerprint density at radius 2 is 1.50 bits per heavy atom. The van der Waals surface area contributed by atoms with Gasteiger partial charge in [0.1, 0.15) is 18.1 Å². The minimum Gasteiger partial charge on any atom is -0.480 e. The summed E-state index contributed by atoms with van der Waals surface area (Å²) in [4.78, 5) is 46.3. The van der Waals surface area contributed by atoms with E-state index >= 15 is 0 Å². The summed E-state index contributed by atoms with van der Waals surface area (Å²) in [5, 5.41) is 24.4. The van der Waals surface area contributed by atoms with Crippen LogP contribution in [0.5, 0.6) is 0 Å². The number of thiol groups is 2. The van der Waals surface area contributed by atoms with E-state index in [-0.39, 0.29) is 11.5 Å². The minimum absolute atomic E-state index is 0.0968. The first kappa shape index (κ1) is 22.5. The molecule has 10 nitrogen and oxygen atoms in total. The molecule has 0 aromatic rings. The monoisotopic (exact) mass is 382 g/mol. The Bertz CT molecular complexity index is 478. The highest BCUT2D eigenvalue weighted by molar-refractivity contribution is 7.80. The number of hydrogen-bond acceptors (Lipinski definition) is 8. The molecule has 0 aliphatic rings. The summed E-state index contributed by atoms with van der Waals surface area (Å²) in [5.41, 5.74) is 5.46. The van der Waals surface area contributed by atoms with E-state index < -0.39 is 54.5 Å². The molecule has 0 spiro atoms. The molecule has 138 valence electrons. The lowest BCUT2D eigenvalue weighted by Crippen LogP contribution is -2.57. The van der Waals surface area contributed by atoms with Crippen LogP contribution in [0.4, 0.5) is 0 Å². The molecule has 0 fully saturated rings. The lowest BCUT2D eigenvalue weighted by molar-refractivity contribution is -0.143. The lowest BCUT2D eigenvalue weighted by Gasteiger charge is -2.22. The molecule has 4 unspecified atom stereocenters. The summed E-state index contributed by atoms with van der Waals surface area (Å²) in [6.07, 6.45) is 0.